The summed E-state index contributed by atoms with van der Waals surface area (Å²) in [6, 6.07) is 0. The van der Waals surface area contributed by atoms with Gasteiger partial charge in [-0.3, -0.25) is 0 Å². The van der Waals surface area contributed by atoms with E-state index in [4.69, 9.17) is 0 Å². The van der Waals surface area contributed by atoms with Crippen molar-refractivity contribution in [3.8, 4) is 0 Å². The topological polar surface area (TPSA) is 44.2 Å². The Bertz CT molecular complexity index is 66.7. The Morgan fingerprint density at radius 2 is 1.29 bits per heavy atom. The van der Waals surface area contributed by atoms with Gasteiger partial charge in [0.05, 0.1) is 19.6 Å². The van der Waals surface area contributed by atoms with Crippen LogP contribution < -0.4 is 11.1 Å². The van der Waals surface area contributed by atoms with Crippen LogP contribution in [0.2, 0.25) is 0 Å². The van der Waals surface area contributed by atoms with E-state index in [1.165, 1.54) is 51.6 Å². The normalized spacial score (nSPS) is 9.43. The molecule has 0 fully saturated rings. The molecule has 0 spiro atoms. The van der Waals surface area contributed by atoms with Gasteiger partial charge in [-0.05, 0) is 26.7 Å². The molecule has 2 nitrogen and oxygen atoms in total. The van der Waals surface area contributed by atoms with Crippen LogP contribution in [-0.2, 0) is 0 Å². The first-order valence-electron chi connectivity index (χ1n) is 6.44. The van der Waals surface area contributed by atoms with E-state index in [1.807, 2.05) is 0 Å². The van der Waals surface area contributed by atoms with E-state index in [9.17, 15) is 0 Å². The zero-order chi connectivity index (χ0) is 11.1. The Balaban J connectivity index is 0. The van der Waals surface area contributed by atoms with E-state index in [2.05, 4.69) is 31.8 Å². The third-order valence-corrected chi connectivity index (χ3v) is 2.18. The number of rotatable bonds is 8. The predicted molar refractivity (Wildman–Crippen MR) is 64.1 cm³/mol. The molecule has 0 aromatic heterocycles. The number of unbranched alkanes of at least 4 members (excludes halogenated alkanes) is 5. The van der Waals surface area contributed by atoms with Crippen LogP contribution in [0.1, 0.15) is 59.3 Å². The summed E-state index contributed by atoms with van der Waals surface area (Å²) in [5, 5.41) is 2.25. The van der Waals surface area contributed by atoms with Crippen molar-refractivity contribution in [3.05, 3.63) is 0 Å². The first kappa shape index (κ1) is 16.4. The molecule has 0 radical (unpaired) electrons. The average Bonchev–Trinajstić information content (AvgIpc) is 2.20. The van der Waals surface area contributed by atoms with Crippen LogP contribution in [0.3, 0.4) is 0 Å². The lowest BCUT2D eigenvalue weighted by Gasteiger charge is -1.95. The van der Waals surface area contributed by atoms with Crippen LogP contribution in [0.4, 0.5) is 0 Å². The Morgan fingerprint density at radius 1 is 0.786 bits per heavy atom. The smallest absolute Gasteiger partial charge is 0.0739 e. The van der Waals surface area contributed by atoms with Gasteiger partial charge in [0.1, 0.15) is 0 Å². The zero-order valence-electron chi connectivity index (χ0n) is 10.6. The fourth-order valence-electron chi connectivity index (χ4n) is 1.25. The lowest BCUT2D eigenvalue weighted by Crippen LogP contribution is -2.82. The van der Waals surface area contributed by atoms with Crippen LogP contribution in [0.15, 0.2) is 0 Å². The standard InChI is InChI=1S/C8H19N.C4H11N/c1-2-3-4-5-6-7-8-9;1-3-5-4-2/h2-9H2,1H3;5H,3-4H2,1-2H3/p+2. The molecule has 0 heterocycles. The van der Waals surface area contributed by atoms with Gasteiger partial charge in [0.2, 0.25) is 0 Å². The molecular weight excluding hydrogens is 172 g/mol. The largest absolute Gasteiger partial charge is 0.358 e. The highest BCUT2D eigenvalue weighted by molar-refractivity contribution is 4.41. The molecule has 5 N–H and O–H groups in total. The van der Waals surface area contributed by atoms with E-state index in [0.717, 1.165) is 6.54 Å². The summed E-state index contributed by atoms with van der Waals surface area (Å²) in [6.45, 7) is 10.1. The van der Waals surface area contributed by atoms with Crippen molar-refractivity contribution in [2.24, 2.45) is 0 Å². The molecule has 0 aliphatic carbocycles. The van der Waals surface area contributed by atoms with Gasteiger partial charge >= 0.3 is 0 Å². The summed E-state index contributed by atoms with van der Waals surface area (Å²) in [6.07, 6.45) is 8.33. The van der Waals surface area contributed by atoms with Crippen molar-refractivity contribution in [2.45, 2.75) is 59.3 Å². The molecular formula is C12H32N2+2. The average molecular weight is 204 g/mol. The van der Waals surface area contributed by atoms with Gasteiger partial charge in [0.25, 0.3) is 0 Å². The van der Waals surface area contributed by atoms with Gasteiger partial charge < -0.3 is 11.1 Å². The molecule has 14 heavy (non-hydrogen) atoms. The molecule has 0 bridgehead atoms. The Labute approximate surface area is 90.6 Å². The fourth-order valence-corrected chi connectivity index (χ4v) is 1.25. The monoisotopic (exact) mass is 204 g/mol. The Morgan fingerprint density at radius 3 is 1.64 bits per heavy atom. The van der Waals surface area contributed by atoms with E-state index in [-0.39, 0.29) is 0 Å². The summed E-state index contributed by atoms with van der Waals surface area (Å²) in [5.74, 6) is 0. The third-order valence-electron chi connectivity index (χ3n) is 2.18. The SMILES string of the molecule is CCCCCCCC[NH3+].CC[NH2+]CC. The minimum Gasteiger partial charge on any atom is -0.358 e. The maximum Gasteiger partial charge on any atom is 0.0739 e. The van der Waals surface area contributed by atoms with Gasteiger partial charge in [0.15, 0.2) is 0 Å². The maximum atomic E-state index is 3.80. The summed E-state index contributed by atoms with van der Waals surface area (Å²) >= 11 is 0. The van der Waals surface area contributed by atoms with Gasteiger partial charge in [-0.2, -0.15) is 0 Å². The molecule has 0 atom stereocenters. The van der Waals surface area contributed by atoms with Gasteiger partial charge in [0, 0.05) is 0 Å². The number of hydrogen-bond acceptors (Lipinski definition) is 0. The van der Waals surface area contributed by atoms with Crippen molar-refractivity contribution in [3.63, 3.8) is 0 Å². The van der Waals surface area contributed by atoms with E-state index >= 15 is 0 Å². The number of nitrogens with two attached hydrogens (primary N) is 1. The first-order chi connectivity index (χ1) is 6.83. The summed E-state index contributed by atoms with van der Waals surface area (Å²) in [7, 11) is 0. The highest BCUT2D eigenvalue weighted by Crippen LogP contribution is 2.03. The van der Waals surface area contributed by atoms with Crippen molar-refractivity contribution in [1.82, 2.24) is 0 Å². The first-order valence-corrected chi connectivity index (χ1v) is 6.44. The number of quaternary nitrogens is 2. The second-order valence-corrected chi connectivity index (χ2v) is 3.73. The molecule has 0 amide bonds. The van der Waals surface area contributed by atoms with Crippen LogP contribution in [0.5, 0.6) is 0 Å². The molecule has 88 valence electrons. The van der Waals surface area contributed by atoms with Crippen LogP contribution >= 0.6 is 0 Å². The summed E-state index contributed by atoms with van der Waals surface area (Å²) < 4.78 is 0. The van der Waals surface area contributed by atoms with Crippen LogP contribution in [0.25, 0.3) is 0 Å². The minimum absolute atomic E-state index is 1.12. The predicted octanol–water partition coefficient (Wildman–Crippen LogP) is 1.18. The van der Waals surface area contributed by atoms with E-state index < -0.39 is 0 Å². The van der Waals surface area contributed by atoms with Gasteiger partial charge in [-0.1, -0.05) is 32.6 Å². The Hall–Kier alpha value is -0.0800. The zero-order valence-corrected chi connectivity index (χ0v) is 10.6. The van der Waals surface area contributed by atoms with Crippen molar-refractivity contribution >= 4 is 0 Å². The van der Waals surface area contributed by atoms with Crippen LogP contribution in [0, 0.1) is 0 Å². The summed E-state index contributed by atoms with van der Waals surface area (Å²) in [5.41, 5.74) is 3.80. The van der Waals surface area contributed by atoms with E-state index in [1.54, 1.807) is 0 Å². The van der Waals surface area contributed by atoms with Crippen molar-refractivity contribution < 1.29 is 11.1 Å². The molecule has 0 aromatic carbocycles. The lowest BCUT2D eigenvalue weighted by atomic mass is 10.1. The molecule has 2 heteroatoms. The van der Waals surface area contributed by atoms with Crippen molar-refractivity contribution in [2.75, 3.05) is 19.6 Å². The lowest BCUT2D eigenvalue weighted by molar-refractivity contribution is -0.648. The van der Waals surface area contributed by atoms with Gasteiger partial charge in [-0.15, -0.1) is 0 Å². The molecule has 0 aromatic rings. The quantitative estimate of drug-likeness (QED) is 0.558. The molecule has 0 aliphatic heterocycles. The van der Waals surface area contributed by atoms with Gasteiger partial charge in [-0.25, -0.2) is 0 Å². The Kier molecular flexibility index (Phi) is 21.8. The molecule has 0 rings (SSSR count). The highest BCUT2D eigenvalue weighted by Gasteiger charge is 1.87. The van der Waals surface area contributed by atoms with E-state index in [0.29, 0.717) is 0 Å². The summed E-state index contributed by atoms with van der Waals surface area (Å²) in [4.78, 5) is 0. The van der Waals surface area contributed by atoms with Crippen molar-refractivity contribution in [1.29, 1.82) is 0 Å². The fraction of sp³-hybridized carbons (Fsp3) is 1.00. The van der Waals surface area contributed by atoms with Crippen LogP contribution in [-0.4, -0.2) is 19.6 Å². The second kappa shape index (κ2) is 18.7. The number of hydrogen-bond donors (Lipinski definition) is 2. The third kappa shape index (κ3) is 22.7. The second-order valence-electron chi connectivity index (χ2n) is 3.73. The molecule has 0 unspecified atom stereocenters. The minimum atomic E-state index is 1.12. The highest BCUT2D eigenvalue weighted by atomic mass is 14.8. The molecule has 0 aliphatic rings. The maximum absolute atomic E-state index is 3.80. The molecule has 0 saturated carbocycles. The molecule has 0 saturated heterocycles.